The molecule has 1 N–H and O–H groups in total. The summed E-state index contributed by atoms with van der Waals surface area (Å²) in [6, 6.07) is 12.3. The third-order valence-electron chi connectivity index (χ3n) is 3.61. The fraction of sp³-hybridized carbons (Fsp3) is 0.176. The molecule has 0 aliphatic heterocycles. The SMILES string of the molecule is Cn1ccnc1C[C@@H](Nc1ccncc1Cl)c1ccccc1. The standard InChI is InChI=1S/C17H17ClN4/c1-22-10-9-20-17(22)11-16(13-5-3-2-4-6-13)21-15-7-8-19-12-14(15)18/h2-10,12,16H,11H2,1H3,(H,19,21)/t16-/m1/s1. The number of halogens is 1. The number of hydrogen-bond acceptors (Lipinski definition) is 3. The Morgan fingerprint density at radius 1 is 1.18 bits per heavy atom. The van der Waals surface area contributed by atoms with E-state index in [0.717, 1.165) is 17.9 Å². The highest BCUT2D eigenvalue weighted by atomic mass is 35.5. The minimum absolute atomic E-state index is 0.0854. The number of nitrogens with zero attached hydrogens (tertiary/aromatic N) is 3. The summed E-state index contributed by atoms with van der Waals surface area (Å²) in [7, 11) is 2.00. The van der Waals surface area contributed by atoms with Crippen LogP contribution in [-0.2, 0) is 13.5 Å². The van der Waals surface area contributed by atoms with E-state index in [1.807, 2.05) is 48.3 Å². The molecule has 3 rings (SSSR count). The molecule has 112 valence electrons. The summed E-state index contributed by atoms with van der Waals surface area (Å²) >= 11 is 6.22. The first-order valence-corrected chi connectivity index (χ1v) is 7.49. The summed E-state index contributed by atoms with van der Waals surface area (Å²) in [4.78, 5) is 8.45. The monoisotopic (exact) mass is 312 g/mol. The maximum atomic E-state index is 6.22. The number of benzene rings is 1. The van der Waals surface area contributed by atoms with Crippen LogP contribution in [0.4, 0.5) is 5.69 Å². The molecule has 2 aromatic heterocycles. The maximum absolute atomic E-state index is 6.22. The lowest BCUT2D eigenvalue weighted by atomic mass is 10.0. The topological polar surface area (TPSA) is 42.7 Å². The molecule has 0 unspecified atom stereocenters. The van der Waals surface area contributed by atoms with E-state index in [4.69, 9.17) is 11.6 Å². The summed E-state index contributed by atoms with van der Waals surface area (Å²) < 4.78 is 2.03. The summed E-state index contributed by atoms with van der Waals surface area (Å²) in [5, 5.41) is 4.12. The van der Waals surface area contributed by atoms with Gasteiger partial charge < -0.3 is 9.88 Å². The van der Waals surface area contributed by atoms with Crippen LogP contribution in [0.15, 0.2) is 61.2 Å². The van der Waals surface area contributed by atoms with Crippen molar-refractivity contribution in [3.63, 3.8) is 0 Å². The number of anilines is 1. The highest BCUT2D eigenvalue weighted by Crippen LogP contribution is 2.27. The highest BCUT2D eigenvalue weighted by molar-refractivity contribution is 6.33. The number of imidazole rings is 1. The lowest BCUT2D eigenvalue weighted by molar-refractivity contribution is 0.693. The fourth-order valence-corrected chi connectivity index (χ4v) is 2.57. The quantitative estimate of drug-likeness (QED) is 0.778. The predicted molar refractivity (Wildman–Crippen MR) is 89.0 cm³/mol. The lowest BCUT2D eigenvalue weighted by Gasteiger charge is -2.21. The minimum atomic E-state index is 0.0854. The van der Waals surface area contributed by atoms with Crippen molar-refractivity contribution in [2.75, 3.05) is 5.32 Å². The average Bonchev–Trinajstić information content (AvgIpc) is 2.95. The van der Waals surface area contributed by atoms with Gasteiger partial charge in [-0.3, -0.25) is 4.98 Å². The molecule has 0 spiro atoms. The maximum Gasteiger partial charge on any atom is 0.110 e. The number of hydrogen-bond donors (Lipinski definition) is 1. The van der Waals surface area contributed by atoms with Gasteiger partial charge in [-0.05, 0) is 11.6 Å². The van der Waals surface area contributed by atoms with E-state index >= 15 is 0 Å². The van der Waals surface area contributed by atoms with Gasteiger partial charge in [0, 0.05) is 38.3 Å². The molecular formula is C17H17ClN4. The Morgan fingerprint density at radius 3 is 2.68 bits per heavy atom. The summed E-state index contributed by atoms with van der Waals surface area (Å²) in [5.74, 6) is 1.02. The van der Waals surface area contributed by atoms with Crippen molar-refractivity contribution >= 4 is 17.3 Å². The molecule has 0 saturated heterocycles. The first kappa shape index (κ1) is 14.6. The molecule has 3 aromatic rings. The van der Waals surface area contributed by atoms with E-state index in [1.54, 1.807) is 12.4 Å². The molecule has 0 aliphatic carbocycles. The van der Waals surface area contributed by atoms with Crippen LogP contribution in [0.25, 0.3) is 0 Å². The van der Waals surface area contributed by atoms with Crippen molar-refractivity contribution in [2.24, 2.45) is 7.05 Å². The minimum Gasteiger partial charge on any atom is -0.376 e. The Balaban J connectivity index is 1.90. The summed E-state index contributed by atoms with van der Waals surface area (Å²) in [6.45, 7) is 0. The van der Waals surface area contributed by atoms with E-state index in [0.29, 0.717) is 5.02 Å². The van der Waals surface area contributed by atoms with Crippen LogP contribution in [0.3, 0.4) is 0 Å². The van der Waals surface area contributed by atoms with Crippen LogP contribution in [0.1, 0.15) is 17.4 Å². The number of nitrogens with one attached hydrogen (secondary N) is 1. The zero-order valence-electron chi connectivity index (χ0n) is 12.3. The smallest absolute Gasteiger partial charge is 0.110 e. The normalized spacial score (nSPS) is 12.1. The van der Waals surface area contributed by atoms with Gasteiger partial charge in [0.25, 0.3) is 0 Å². The Labute approximate surface area is 134 Å². The largest absolute Gasteiger partial charge is 0.376 e. The van der Waals surface area contributed by atoms with Crippen LogP contribution in [-0.4, -0.2) is 14.5 Å². The number of pyridine rings is 1. The summed E-state index contributed by atoms with van der Waals surface area (Å²) in [6.07, 6.45) is 7.92. The van der Waals surface area contributed by atoms with Gasteiger partial charge in [-0.15, -0.1) is 0 Å². The van der Waals surface area contributed by atoms with E-state index in [9.17, 15) is 0 Å². The van der Waals surface area contributed by atoms with Crippen LogP contribution < -0.4 is 5.32 Å². The van der Waals surface area contributed by atoms with Crippen molar-refractivity contribution in [2.45, 2.75) is 12.5 Å². The second kappa shape index (κ2) is 6.62. The third kappa shape index (κ3) is 3.28. The van der Waals surface area contributed by atoms with Crippen LogP contribution >= 0.6 is 11.6 Å². The molecule has 5 heteroatoms. The zero-order chi connectivity index (χ0) is 15.4. The van der Waals surface area contributed by atoms with Gasteiger partial charge in [-0.25, -0.2) is 4.98 Å². The second-order valence-electron chi connectivity index (χ2n) is 5.12. The molecule has 0 amide bonds. The average molecular weight is 313 g/mol. The first-order chi connectivity index (χ1) is 10.7. The third-order valence-corrected chi connectivity index (χ3v) is 3.91. The van der Waals surface area contributed by atoms with E-state index < -0.39 is 0 Å². The lowest BCUT2D eigenvalue weighted by Crippen LogP contribution is -2.16. The van der Waals surface area contributed by atoms with Gasteiger partial charge in [0.05, 0.1) is 16.8 Å². The van der Waals surface area contributed by atoms with Crippen LogP contribution in [0.5, 0.6) is 0 Å². The number of rotatable bonds is 5. The number of aromatic nitrogens is 3. The van der Waals surface area contributed by atoms with Crippen molar-refractivity contribution in [1.82, 2.24) is 14.5 Å². The van der Waals surface area contributed by atoms with Gasteiger partial charge >= 0.3 is 0 Å². The fourth-order valence-electron chi connectivity index (χ4n) is 2.39. The van der Waals surface area contributed by atoms with E-state index in [2.05, 4.69) is 27.4 Å². The molecule has 0 radical (unpaired) electrons. The Hall–Kier alpha value is -2.33. The molecule has 0 saturated carbocycles. The molecule has 0 bridgehead atoms. The summed E-state index contributed by atoms with van der Waals surface area (Å²) in [5.41, 5.74) is 2.07. The molecule has 2 heterocycles. The molecule has 1 atom stereocenters. The van der Waals surface area contributed by atoms with E-state index in [-0.39, 0.29) is 6.04 Å². The zero-order valence-corrected chi connectivity index (χ0v) is 13.0. The molecule has 0 aliphatic rings. The van der Waals surface area contributed by atoms with Gasteiger partial charge in [-0.2, -0.15) is 0 Å². The van der Waals surface area contributed by atoms with Crippen molar-refractivity contribution in [3.8, 4) is 0 Å². The van der Waals surface area contributed by atoms with Crippen molar-refractivity contribution < 1.29 is 0 Å². The van der Waals surface area contributed by atoms with E-state index in [1.165, 1.54) is 5.56 Å². The Kier molecular flexibility index (Phi) is 4.39. The predicted octanol–water partition coefficient (Wildman–Crippen LogP) is 3.86. The van der Waals surface area contributed by atoms with Crippen LogP contribution in [0, 0.1) is 0 Å². The molecule has 4 nitrogen and oxygen atoms in total. The molecular weight excluding hydrogens is 296 g/mol. The van der Waals surface area contributed by atoms with Gasteiger partial charge in [0.15, 0.2) is 0 Å². The van der Waals surface area contributed by atoms with Crippen molar-refractivity contribution in [1.29, 1.82) is 0 Å². The van der Waals surface area contributed by atoms with Gasteiger partial charge in [0.2, 0.25) is 0 Å². The second-order valence-corrected chi connectivity index (χ2v) is 5.53. The van der Waals surface area contributed by atoms with Gasteiger partial charge in [0.1, 0.15) is 5.82 Å². The molecule has 0 fully saturated rings. The Morgan fingerprint density at radius 2 is 2.00 bits per heavy atom. The van der Waals surface area contributed by atoms with Gasteiger partial charge in [-0.1, -0.05) is 41.9 Å². The first-order valence-electron chi connectivity index (χ1n) is 7.11. The highest BCUT2D eigenvalue weighted by Gasteiger charge is 2.15. The number of aryl methyl sites for hydroxylation is 1. The molecule has 22 heavy (non-hydrogen) atoms. The molecule has 1 aromatic carbocycles. The van der Waals surface area contributed by atoms with Crippen molar-refractivity contribution in [3.05, 3.63) is 77.6 Å². The Bertz CT molecular complexity index is 739. The van der Waals surface area contributed by atoms with Crippen LogP contribution in [0.2, 0.25) is 5.02 Å².